The van der Waals surface area contributed by atoms with Gasteiger partial charge in [-0.15, -0.1) is 0 Å². The molecule has 0 fully saturated rings. The first kappa shape index (κ1) is 18.5. The minimum atomic E-state index is -4.66. The minimum absolute atomic E-state index is 0.00779. The molecule has 1 aromatic rings. The fourth-order valence-corrected chi connectivity index (χ4v) is 2.76. The summed E-state index contributed by atoms with van der Waals surface area (Å²) >= 11 is 0.651. The third-order valence-corrected chi connectivity index (χ3v) is 4.58. The quantitative estimate of drug-likeness (QED) is 0.475. The summed E-state index contributed by atoms with van der Waals surface area (Å²) in [5.41, 5.74) is 3.28. The van der Waals surface area contributed by atoms with Crippen LogP contribution in [0.25, 0.3) is 0 Å². The van der Waals surface area contributed by atoms with Gasteiger partial charge in [0.1, 0.15) is 0 Å². The molecule has 120 valence electrons. The van der Waals surface area contributed by atoms with Gasteiger partial charge in [-0.3, -0.25) is 0 Å². The van der Waals surface area contributed by atoms with Gasteiger partial charge in [0.05, 0.1) is 0 Å². The molecular formula is C15H23O4S2-. The first-order chi connectivity index (χ1) is 9.29. The van der Waals surface area contributed by atoms with Crippen molar-refractivity contribution in [2.24, 2.45) is 0 Å². The Labute approximate surface area is 132 Å². The van der Waals surface area contributed by atoms with E-state index in [1.54, 1.807) is 0 Å². The van der Waals surface area contributed by atoms with Gasteiger partial charge in [-0.25, -0.2) is 12.0 Å². The molecule has 21 heavy (non-hydrogen) atoms. The molecule has 1 aromatic carbocycles. The Kier molecular flexibility index (Phi) is 5.53. The van der Waals surface area contributed by atoms with Gasteiger partial charge in [0.15, 0.2) is 0 Å². The Morgan fingerprint density at radius 1 is 1.00 bits per heavy atom. The van der Waals surface area contributed by atoms with E-state index in [4.69, 9.17) is 0 Å². The van der Waals surface area contributed by atoms with Gasteiger partial charge < -0.3 is 4.55 Å². The van der Waals surface area contributed by atoms with E-state index in [1.165, 1.54) is 11.1 Å². The molecule has 0 saturated carbocycles. The van der Waals surface area contributed by atoms with Crippen LogP contribution >= 0.6 is 12.0 Å². The summed E-state index contributed by atoms with van der Waals surface area (Å²) in [5.74, 6) is 0.314. The Bertz CT molecular complexity index is 561. The van der Waals surface area contributed by atoms with E-state index in [2.05, 4.69) is 51.2 Å². The van der Waals surface area contributed by atoms with Gasteiger partial charge in [-0.05, 0) is 27.5 Å². The normalized spacial score (nSPS) is 13.5. The van der Waals surface area contributed by atoms with Gasteiger partial charge in [0.25, 0.3) is 0 Å². The summed E-state index contributed by atoms with van der Waals surface area (Å²) in [6, 6.07) is 6.24. The molecule has 0 aliphatic carbocycles. The largest absolute Gasteiger partial charge is 0.725 e. The maximum absolute atomic E-state index is 10.5. The van der Waals surface area contributed by atoms with Crippen molar-refractivity contribution in [3.63, 3.8) is 0 Å². The molecule has 0 bridgehead atoms. The van der Waals surface area contributed by atoms with Crippen LogP contribution < -0.4 is 0 Å². The SMILES string of the molecule is CC(C)(C)c1cc(CSOS(=O)(=O)[O-])cc(C(C)(C)C)c1. The van der Waals surface area contributed by atoms with Crippen LogP contribution in [-0.2, 0) is 30.6 Å². The molecule has 4 nitrogen and oxygen atoms in total. The van der Waals surface area contributed by atoms with Crippen molar-refractivity contribution < 1.29 is 16.6 Å². The van der Waals surface area contributed by atoms with Gasteiger partial charge in [-0.2, -0.15) is 0 Å². The summed E-state index contributed by atoms with van der Waals surface area (Å²) in [7, 11) is -4.66. The second-order valence-corrected chi connectivity index (χ2v) is 9.04. The Balaban J connectivity index is 3.08. The molecule has 6 heteroatoms. The number of hydrogen-bond donors (Lipinski definition) is 0. The van der Waals surface area contributed by atoms with Crippen LogP contribution in [0.15, 0.2) is 18.2 Å². The molecule has 0 spiro atoms. The summed E-state index contributed by atoms with van der Waals surface area (Å²) in [6.45, 7) is 12.8. The molecular weight excluding hydrogens is 308 g/mol. The standard InChI is InChI=1S/C15H24O4S2/c1-14(2,3)12-7-11(10-20-19-21(16,17)18)8-13(9-12)15(4,5)6/h7-9H,10H2,1-6H3,(H,16,17,18)/p-1. The van der Waals surface area contributed by atoms with Gasteiger partial charge >= 0.3 is 0 Å². The highest BCUT2D eigenvalue weighted by atomic mass is 32.3. The summed E-state index contributed by atoms with van der Waals surface area (Å²) in [5, 5.41) is 0. The zero-order chi connectivity index (χ0) is 16.5. The third-order valence-electron chi connectivity index (χ3n) is 3.08. The van der Waals surface area contributed by atoms with E-state index < -0.39 is 10.4 Å². The topological polar surface area (TPSA) is 66.4 Å². The van der Waals surface area contributed by atoms with Crippen LogP contribution in [-0.4, -0.2) is 13.0 Å². The van der Waals surface area contributed by atoms with E-state index in [-0.39, 0.29) is 10.8 Å². The second kappa shape index (κ2) is 6.28. The number of benzene rings is 1. The number of hydrogen-bond acceptors (Lipinski definition) is 5. The zero-order valence-corrected chi connectivity index (χ0v) is 15.0. The monoisotopic (exact) mass is 331 g/mol. The lowest BCUT2D eigenvalue weighted by atomic mass is 9.80. The van der Waals surface area contributed by atoms with Crippen molar-refractivity contribution in [2.45, 2.75) is 58.1 Å². The van der Waals surface area contributed by atoms with Crippen LogP contribution in [0, 0.1) is 0 Å². The Morgan fingerprint density at radius 3 is 1.76 bits per heavy atom. The first-order valence-electron chi connectivity index (χ1n) is 6.71. The highest BCUT2D eigenvalue weighted by molar-refractivity contribution is 8.02. The van der Waals surface area contributed by atoms with Crippen LogP contribution in [0.2, 0.25) is 0 Å². The zero-order valence-electron chi connectivity index (χ0n) is 13.4. The van der Waals surface area contributed by atoms with Crippen LogP contribution in [0.1, 0.15) is 58.2 Å². The molecule has 0 atom stereocenters. The smallest absolute Gasteiger partial charge is 0.228 e. The summed E-state index contributed by atoms with van der Waals surface area (Å²) < 4.78 is 35.6. The molecule has 0 saturated heterocycles. The molecule has 0 radical (unpaired) electrons. The lowest BCUT2D eigenvalue weighted by Gasteiger charge is -2.26. The lowest BCUT2D eigenvalue weighted by Crippen LogP contribution is -2.17. The van der Waals surface area contributed by atoms with Crippen LogP contribution in [0.3, 0.4) is 0 Å². The van der Waals surface area contributed by atoms with Crippen molar-refractivity contribution in [1.82, 2.24) is 0 Å². The fraction of sp³-hybridized carbons (Fsp3) is 0.600. The van der Waals surface area contributed by atoms with Crippen molar-refractivity contribution >= 4 is 22.4 Å². The van der Waals surface area contributed by atoms with Crippen molar-refractivity contribution in [3.8, 4) is 0 Å². The lowest BCUT2D eigenvalue weighted by molar-refractivity contribution is 0.391. The molecule has 1 rings (SSSR count). The van der Waals surface area contributed by atoms with E-state index in [0.29, 0.717) is 17.8 Å². The number of rotatable bonds is 4. The van der Waals surface area contributed by atoms with Crippen LogP contribution in [0.4, 0.5) is 0 Å². The highest BCUT2D eigenvalue weighted by Gasteiger charge is 2.20. The maximum Gasteiger partial charge on any atom is 0.228 e. The molecule has 0 N–H and O–H groups in total. The Morgan fingerprint density at radius 2 is 1.43 bits per heavy atom. The van der Waals surface area contributed by atoms with Crippen molar-refractivity contribution in [2.75, 3.05) is 0 Å². The molecule has 0 aliphatic rings. The Hall–Kier alpha value is -0.560. The average Bonchev–Trinajstić information content (AvgIpc) is 2.24. The molecule has 0 heterocycles. The average molecular weight is 331 g/mol. The summed E-state index contributed by atoms with van der Waals surface area (Å²) in [6.07, 6.45) is 0. The third kappa shape index (κ3) is 6.38. The molecule has 0 unspecified atom stereocenters. The molecule has 0 amide bonds. The first-order valence-corrected chi connectivity index (χ1v) is 8.95. The predicted molar refractivity (Wildman–Crippen MR) is 85.9 cm³/mol. The molecule has 0 aromatic heterocycles. The van der Waals surface area contributed by atoms with Crippen molar-refractivity contribution in [3.05, 3.63) is 34.9 Å². The predicted octanol–water partition coefficient (Wildman–Crippen LogP) is 3.91. The minimum Gasteiger partial charge on any atom is -0.725 e. The van der Waals surface area contributed by atoms with E-state index in [1.807, 2.05) is 12.1 Å². The molecule has 0 aliphatic heterocycles. The summed E-state index contributed by atoms with van der Waals surface area (Å²) in [4.78, 5) is 0. The highest BCUT2D eigenvalue weighted by Crippen LogP contribution is 2.31. The van der Waals surface area contributed by atoms with Gasteiger partial charge in [0.2, 0.25) is 10.4 Å². The van der Waals surface area contributed by atoms with Gasteiger partial charge in [0, 0.05) is 17.8 Å². The fourth-order valence-electron chi connectivity index (χ4n) is 1.79. The maximum atomic E-state index is 10.5. The second-order valence-electron chi connectivity index (χ2n) is 7.16. The van der Waals surface area contributed by atoms with E-state index in [9.17, 15) is 13.0 Å². The van der Waals surface area contributed by atoms with E-state index in [0.717, 1.165) is 5.56 Å². The van der Waals surface area contributed by atoms with Crippen LogP contribution in [0.5, 0.6) is 0 Å². The van der Waals surface area contributed by atoms with Crippen molar-refractivity contribution in [1.29, 1.82) is 0 Å². The van der Waals surface area contributed by atoms with Gasteiger partial charge in [-0.1, -0.05) is 59.7 Å². The van der Waals surface area contributed by atoms with E-state index >= 15 is 0 Å².